The summed E-state index contributed by atoms with van der Waals surface area (Å²) in [7, 11) is 0. The molecule has 0 unspecified atom stereocenters. The molecule has 1 rings (SSSR count). The number of nitro benzene ring substituents is 1. The largest absolute Gasteiger partial charge is 0.394 e. The number of aliphatic hydroxyl groups is 2. The molecular weight excluding hydrogens is 354 g/mol. The summed E-state index contributed by atoms with van der Waals surface area (Å²) in [4.78, 5) is 35.4. The summed E-state index contributed by atoms with van der Waals surface area (Å²) in [5, 5.41) is 35.1. The lowest BCUT2D eigenvalue weighted by Gasteiger charge is -2.21. The fraction of sp³-hybridized carbons (Fsp3) is 0.556. The Labute approximate surface area is 157 Å². The smallest absolute Gasteiger partial charge is 0.271 e. The Balaban J connectivity index is 3.18. The summed E-state index contributed by atoms with van der Waals surface area (Å²) in [5.41, 5.74) is -0.514. The van der Waals surface area contributed by atoms with Crippen molar-refractivity contribution in [2.75, 3.05) is 13.2 Å². The lowest BCUT2D eigenvalue weighted by Crippen LogP contribution is -2.42. The van der Waals surface area contributed by atoms with Crippen LogP contribution >= 0.6 is 0 Å². The third-order valence-corrected chi connectivity index (χ3v) is 4.29. The van der Waals surface area contributed by atoms with Gasteiger partial charge in [-0.2, -0.15) is 0 Å². The van der Waals surface area contributed by atoms with E-state index in [2.05, 4.69) is 10.6 Å². The van der Waals surface area contributed by atoms with E-state index in [0.717, 1.165) is 12.1 Å². The first-order valence-electron chi connectivity index (χ1n) is 8.73. The van der Waals surface area contributed by atoms with Crippen LogP contribution in [0.2, 0.25) is 0 Å². The number of nitro groups is 1. The molecule has 27 heavy (non-hydrogen) atoms. The zero-order valence-electron chi connectivity index (χ0n) is 15.9. The maximum atomic E-state index is 12.4. The van der Waals surface area contributed by atoms with Crippen molar-refractivity contribution >= 4 is 17.5 Å². The van der Waals surface area contributed by atoms with Gasteiger partial charge in [-0.1, -0.05) is 27.7 Å². The van der Waals surface area contributed by atoms with Gasteiger partial charge in [0.25, 0.3) is 17.5 Å². The van der Waals surface area contributed by atoms with Gasteiger partial charge in [-0.25, -0.2) is 0 Å². The van der Waals surface area contributed by atoms with Crippen molar-refractivity contribution in [1.82, 2.24) is 10.6 Å². The third-order valence-electron chi connectivity index (χ3n) is 4.29. The van der Waals surface area contributed by atoms with E-state index in [1.54, 1.807) is 0 Å². The Morgan fingerprint density at radius 1 is 0.926 bits per heavy atom. The highest BCUT2D eigenvalue weighted by Gasteiger charge is 2.22. The molecule has 2 amide bonds. The second kappa shape index (κ2) is 9.98. The fourth-order valence-electron chi connectivity index (χ4n) is 2.33. The molecule has 0 bridgehead atoms. The predicted molar refractivity (Wildman–Crippen MR) is 99.5 cm³/mol. The Kier molecular flexibility index (Phi) is 8.32. The van der Waals surface area contributed by atoms with Crippen LogP contribution in [0.4, 0.5) is 5.69 Å². The highest BCUT2D eigenvalue weighted by molar-refractivity contribution is 6.00. The molecular formula is C18H27N3O6. The van der Waals surface area contributed by atoms with Crippen LogP contribution in [0.5, 0.6) is 0 Å². The summed E-state index contributed by atoms with van der Waals surface area (Å²) in [6.45, 7) is 6.70. The number of aliphatic hydroxyl groups excluding tert-OH is 2. The van der Waals surface area contributed by atoms with E-state index in [-0.39, 0.29) is 36.2 Å². The predicted octanol–water partition coefficient (Wildman–Crippen LogP) is 1.09. The van der Waals surface area contributed by atoms with Gasteiger partial charge >= 0.3 is 0 Å². The minimum absolute atomic E-state index is 0.0447. The molecule has 0 saturated carbocycles. The Bertz CT molecular complexity index is 641. The monoisotopic (exact) mass is 381 g/mol. The molecule has 0 fully saturated rings. The van der Waals surface area contributed by atoms with Gasteiger partial charge in [-0.15, -0.1) is 0 Å². The van der Waals surface area contributed by atoms with Crippen LogP contribution in [-0.4, -0.2) is 52.2 Å². The highest BCUT2D eigenvalue weighted by atomic mass is 16.6. The number of nitrogens with zero attached hydrogens (tertiary/aromatic N) is 1. The zero-order chi connectivity index (χ0) is 20.7. The highest BCUT2D eigenvalue weighted by Crippen LogP contribution is 2.18. The summed E-state index contributed by atoms with van der Waals surface area (Å²) in [6.07, 6.45) is 0. The van der Waals surface area contributed by atoms with Crippen molar-refractivity contribution in [2.24, 2.45) is 11.8 Å². The summed E-state index contributed by atoms with van der Waals surface area (Å²) in [5.74, 6) is -1.33. The number of carbonyl (C=O) groups is 2. The van der Waals surface area contributed by atoms with E-state index in [9.17, 15) is 29.9 Å². The lowest BCUT2D eigenvalue weighted by molar-refractivity contribution is -0.384. The van der Waals surface area contributed by atoms with Crippen LogP contribution in [0.25, 0.3) is 0 Å². The molecule has 0 aliphatic rings. The minimum atomic E-state index is -0.689. The van der Waals surface area contributed by atoms with Crippen LogP contribution in [0.1, 0.15) is 48.4 Å². The van der Waals surface area contributed by atoms with Crippen LogP contribution in [0.3, 0.4) is 0 Å². The average Bonchev–Trinajstić information content (AvgIpc) is 2.62. The first kappa shape index (κ1) is 22.5. The number of nitrogens with one attached hydrogen (secondary N) is 2. The van der Waals surface area contributed by atoms with Crippen molar-refractivity contribution in [3.05, 3.63) is 39.4 Å². The summed E-state index contributed by atoms with van der Waals surface area (Å²) < 4.78 is 0. The van der Waals surface area contributed by atoms with Crippen molar-refractivity contribution in [3.8, 4) is 0 Å². The van der Waals surface area contributed by atoms with E-state index >= 15 is 0 Å². The van der Waals surface area contributed by atoms with Gasteiger partial charge in [0.1, 0.15) is 0 Å². The van der Waals surface area contributed by atoms with E-state index in [4.69, 9.17) is 0 Å². The van der Waals surface area contributed by atoms with Crippen molar-refractivity contribution in [1.29, 1.82) is 0 Å². The molecule has 0 radical (unpaired) electrons. The van der Waals surface area contributed by atoms with Crippen LogP contribution in [0, 0.1) is 22.0 Å². The quantitative estimate of drug-likeness (QED) is 0.373. The molecule has 0 spiro atoms. The Morgan fingerprint density at radius 2 is 1.30 bits per heavy atom. The first-order valence-corrected chi connectivity index (χ1v) is 8.73. The van der Waals surface area contributed by atoms with E-state index in [1.807, 2.05) is 27.7 Å². The summed E-state index contributed by atoms with van der Waals surface area (Å²) in [6, 6.07) is 2.36. The molecule has 0 saturated heterocycles. The maximum absolute atomic E-state index is 12.4. The van der Waals surface area contributed by atoms with Crippen LogP contribution in [-0.2, 0) is 0 Å². The molecule has 1 aromatic carbocycles. The maximum Gasteiger partial charge on any atom is 0.271 e. The molecule has 0 aromatic heterocycles. The first-order chi connectivity index (χ1) is 12.6. The van der Waals surface area contributed by atoms with E-state index < -0.39 is 34.5 Å². The van der Waals surface area contributed by atoms with Crippen LogP contribution in [0.15, 0.2) is 18.2 Å². The Morgan fingerprint density at radius 3 is 1.56 bits per heavy atom. The molecule has 2 atom stereocenters. The normalized spacial score (nSPS) is 13.3. The SMILES string of the molecule is CC(C)[C@@H](CO)NC(=O)c1cc(C(=O)N[C@H](CO)C(C)C)cc([N+](=O)[O-])c1. The summed E-state index contributed by atoms with van der Waals surface area (Å²) >= 11 is 0. The van der Waals surface area contributed by atoms with Crippen molar-refractivity contribution < 1.29 is 24.7 Å². The second-order valence-corrected chi connectivity index (χ2v) is 7.04. The molecule has 9 nitrogen and oxygen atoms in total. The van der Waals surface area contributed by atoms with Crippen molar-refractivity contribution in [3.63, 3.8) is 0 Å². The Hall–Kier alpha value is -2.52. The van der Waals surface area contributed by atoms with Crippen molar-refractivity contribution in [2.45, 2.75) is 39.8 Å². The zero-order valence-corrected chi connectivity index (χ0v) is 15.9. The van der Waals surface area contributed by atoms with Gasteiger partial charge in [0.2, 0.25) is 0 Å². The average molecular weight is 381 g/mol. The van der Waals surface area contributed by atoms with E-state index in [0.29, 0.717) is 0 Å². The topological polar surface area (TPSA) is 142 Å². The fourth-order valence-corrected chi connectivity index (χ4v) is 2.33. The lowest BCUT2D eigenvalue weighted by atomic mass is 10.0. The van der Waals surface area contributed by atoms with Gasteiger partial charge in [0, 0.05) is 23.3 Å². The molecule has 1 aromatic rings. The van der Waals surface area contributed by atoms with Gasteiger partial charge < -0.3 is 20.8 Å². The van der Waals surface area contributed by atoms with Gasteiger partial charge in [-0.3, -0.25) is 19.7 Å². The molecule has 9 heteroatoms. The number of carbonyl (C=O) groups excluding carboxylic acids is 2. The van der Waals surface area contributed by atoms with Gasteiger partial charge in [0.15, 0.2) is 0 Å². The second-order valence-electron chi connectivity index (χ2n) is 7.04. The molecule has 0 aliphatic heterocycles. The molecule has 150 valence electrons. The molecule has 4 N–H and O–H groups in total. The number of rotatable bonds is 9. The minimum Gasteiger partial charge on any atom is -0.394 e. The number of hydrogen-bond acceptors (Lipinski definition) is 6. The number of benzene rings is 1. The number of non-ortho nitro benzene ring substituents is 1. The van der Waals surface area contributed by atoms with Crippen LogP contribution < -0.4 is 10.6 Å². The third kappa shape index (κ3) is 6.30. The molecule has 0 heterocycles. The van der Waals surface area contributed by atoms with E-state index in [1.165, 1.54) is 6.07 Å². The standard InChI is InChI=1S/C18H27N3O6/c1-10(2)15(8-22)19-17(24)12-5-13(7-14(6-12)21(26)27)18(25)20-16(9-23)11(3)4/h5-7,10-11,15-16,22-23H,8-9H2,1-4H3,(H,19,24)(H,20,25)/t15-,16-/m1/s1. The van der Waals surface area contributed by atoms with Gasteiger partial charge in [-0.05, 0) is 17.9 Å². The number of amides is 2. The molecule has 0 aliphatic carbocycles. The van der Waals surface area contributed by atoms with Gasteiger partial charge in [0.05, 0.1) is 30.2 Å². The number of hydrogen-bond donors (Lipinski definition) is 4.